The van der Waals surface area contributed by atoms with Crippen molar-refractivity contribution in [3.63, 3.8) is 0 Å². The van der Waals surface area contributed by atoms with Gasteiger partial charge in [0, 0.05) is 29.2 Å². The average molecular weight is 453 g/mol. The predicted octanol–water partition coefficient (Wildman–Crippen LogP) is 6.88. The molecule has 160 valence electrons. The molecule has 3 nitrogen and oxygen atoms in total. The van der Waals surface area contributed by atoms with E-state index in [1.54, 1.807) is 6.07 Å². The van der Waals surface area contributed by atoms with E-state index < -0.39 is 0 Å². The van der Waals surface area contributed by atoms with Gasteiger partial charge in [-0.3, -0.25) is 4.79 Å². The molecule has 3 aromatic rings. The van der Waals surface area contributed by atoms with Crippen LogP contribution in [0.1, 0.15) is 28.8 Å². The van der Waals surface area contributed by atoms with E-state index in [-0.39, 0.29) is 5.78 Å². The third-order valence-electron chi connectivity index (χ3n) is 5.71. The Hall–Kier alpha value is -2.33. The van der Waals surface area contributed by atoms with E-state index >= 15 is 0 Å². The van der Waals surface area contributed by atoms with Gasteiger partial charge in [0.1, 0.15) is 0 Å². The van der Waals surface area contributed by atoms with Gasteiger partial charge >= 0.3 is 0 Å². The van der Waals surface area contributed by atoms with E-state index in [9.17, 15) is 4.79 Å². The van der Waals surface area contributed by atoms with Crippen LogP contribution in [0, 0.1) is 0 Å². The fourth-order valence-electron chi connectivity index (χ4n) is 4.08. The fraction of sp³-hybridized carbons (Fsp3) is 0.269. The molecule has 5 heteroatoms. The molecule has 1 aliphatic rings. The van der Waals surface area contributed by atoms with E-state index in [0.29, 0.717) is 16.5 Å². The maximum atomic E-state index is 12.6. The highest BCUT2D eigenvalue weighted by atomic mass is 35.5. The molecule has 0 unspecified atom stereocenters. The zero-order valence-corrected chi connectivity index (χ0v) is 19.4. The molecule has 0 fully saturated rings. The molecule has 0 saturated heterocycles. The van der Waals surface area contributed by atoms with Gasteiger partial charge in [0.2, 0.25) is 0 Å². The van der Waals surface area contributed by atoms with Crippen molar-refractivity contribution in [3.8, 4) is 11.1 Å². The number of carbonyl (C=O) groups is 1. The second-order valence-corrected chi connectivity index (χ2v) is 9.10. The summed E-state index contributed by atoms with van der Waals surface area (Å²) in [5.74, 6) is 0.194. The molecule has 1 heterocycles. The third-order valence-corrected chi connectivity index (χ3v) is 6.25. The minimum atomic E-state index is 0.194. The molecule has 0 saturated carbocycles. The van der Waals surface area contributed by atoms with Gasteiger partial charge in [-0.2, -0.15) is 0 Å². The summed E-state index contributed by atoms with van der Waals surface area (Å²) in [6, 6.07) is 20.1. The van der Waals surface area contributed by atoms with Gasteiger partial charge in [-0.1, -0.05) is 53.5 Å². The van der Waals surface area contributed by atoms with Crippen molar-refractivity contribution < 1.29 is 4.79 Å². The number of anilines is 2. The van der Waals surface area contributed by atoms with E-state index in [1.165, 1.54) is 5.56 Å². The molecule has 31 heavy (non-hydrogen) atoms. The zero-order valence-electron chi connectivity index (χ0n) is 17.9. The molecular formula is C26H26Cl2N2O. The molecule has 0 spiro atoms. The van der Waals surface area contributed by atoms with Crippen LogP contribution in [0.4, 0.5) is 11.4 Å². The first-order chi connectivity index (χ1) is 14.9. The summed E-state index contributed by atoms with van der Waals surface area (Å²) in [7, 11) is 4.05. The molecule has 1 aliphatic heterocycles. The molecule has 0 N–H and O–H groups in total. The lowest BCUT2D eigenvalue weighted by atomic mass is 9.98. The molecule has 0 atom stereocenters. The van der Waals surface area contributed by atoms with Gasteiger partial charge in [-0.05, 0) is 80.5 Å². The van der Waals surface area contributed by atoms with Crippen molar-refractivity contribution in [2.24, 2.45) is 0 Å². The quantitative estimate of drug-likeness (QED) is 0.365. The van der Waals surface area contributed by atoms with Gasteiger partial charge in [0.15, 0.2) is 5.78 Å². The molecule has 0 bridgehead atoms. The summed E-state index contributed by atoms with van der Waals surface area (Å²) >= 11 is 12.6. The van der Waals surface area contributed by atoms with Crippen LogP contribution in [-0.2, 0) is 6.42 Å². The van der Waals surface area contributed by atoms with Gasteiger partial charge < -0.3 is 9.80 Å². The van der Waals surface area contributed by atoms with Gasteiger partial charge in [0.25, 0.3) is 0 Å². The van der Waals surface area contributed by atoms with Crippen molar-refractivity contribution in [1.82, 2.24) is 4.90 Å². The average Bonchev–Trinajstić information content (AvgIpc) is 3.16. The summed E-state index contributed by atoms with van der Waals surface area (Å²) in [5.41, 5.74) is 6.34. The van der Waals surface area contributed by atoms with Crippen LogP contribution < -0.4 is 4.90 Å². The topological polar surface area (TPSA) is 23.6 Å². The first-order valence-corrected chi connectivity index (χ1v) is 11.3. The summed E-state index contributed by atoms with van der Waals surface area (Å²) in [6.45, 7) is 1.80. The van der Waals surface area contributed by atoms with Crippen LogP contribution >= 0.6 is 23.2 Å². The predicted molar refractivity (Wildman–Crippen MR) is 131 cm³/mol. The van der Waals surface area contributed by atoms with E-state index in [1.807, 2.05) is 44.4 Å². The molecule has 0 aliphatic carbocycles. The normalized spacial score (nSPS) is 13.0. The van der Waals surface area contributed by atoms with Crippen molar-refractivity contribution in [2.45, 2.75) is 19.3 Å². The second-order valence-electron chi connectivity index (χ2n) is 8.25. The Morgan fingerprint density at radius 1 is 0.968 bits per heavy atom. The molecule has 4 rings (SSSR count). The maximum absolute atomic E-state index is 12.6. The summed E-state index contributed by atoms with van der Waals surface area (Å²) in [6.07, 6.45) is 2.40. The number of hydrogen-bond acceptors (Lipinski definition) is 3. The number of Topliss-reactive ketones (excluding diaryl/α,β-unsaturated/α-hetero) is 1. The lowest BCUT2D eigenvalue weighted by Gasteiger charge is -2.21. The Balaban J connectivity index is 1.60. The fourth-order valence-corrected chi connectivity index (χ4v) is 4.59. The highest BCUT2D eigenvalue weighted by Gasteiger charge is 2.23. The van der Waals surface area contributed by atoms with Crippen LogP contribution in [-0.4, -0.2) is 37.9 Å². The molecule has 0 amide bonds. The molecule has 0 radical (unpaired) electrons. The van der Waals surface area contributed by atoms with Gasteiger partial charge in [-0.25, -0.2) is 0 Å². The zero-order chi connectivity index (χ0) is 22.0. The van der Waals surface area contributed by atoms with Crippen molar-refractivity contribution >= 4 is 40.4 Å². The van der Waals surface area contributed by atoms with Crippen LogP contribution in [0.5, 0.6) is 0 Å². The first kappa shape index (κ1) is 21.9. The minimum Gasteiger partial charge on any atom is -0.340 e. The van der Waals surface area contributed by atoms with E-state index in [4.69, 9.17) is 23.2 Å². The van der Waals surface area contributed by atoms with Gasteiger partial charge in [-0.15, -0.1) is 0 Å². The first-order valence-electron chi connectivity index (χ1n) is 10.6. The van der Waals surface area contributed by atoms with E-state index in [0.717, 1.165) is 54.0 Å². The number of carbonyl (C=O) groups excluding carboxylic acids is 1. The highest BCUT2D eigenvalue weighted by Crippen LogP contribution is 2.41. The highest BCUT2D eigenvalue weighted by molar-refractivity contribution is 6.36. The second kappa shape index (κ2) is 9.44. The maximum Gasteiger partial charge on any atom is 0.162 e. The Morgan fingerprint density at radius 3 is 2.55 bits per heavy atom. The Labute approximate surface area is 194 Å². The Morgan fingerprint density at radius 2 is 1.77 bits per heavy atom. The van der Waals surface area contributed by atoms with Crippen LogP contribution in [0.2, 0.25) is 10.0 Å². The molecular weight excluding hydrogens is 427 g/mol. The van der Waals surface area contributed by atoms with Gasteiger partial charge in [0.05, 0.1) is 10.7 Å². The van der Waals surface area contributed by atoms with Crippen LogP contribution in [0.3, 0.4) is 0 Å². The largest absolute Gasteiger partial charge is 0.340 e. The number of rotatable bonds is 7. The van der Waals surface area contributed by atoms with Crippen molar-refractivity contribution in [1.29, 1.82) is 0 Å². The molecule has 0 aromatic heterocycles. The SMILES string of the molecule is CN(C)CCCC(=O)c1cccc(-c2ccc3c(c2)N(c2ccc(Cl)cc2Cl)CC3)c1. The number of halogens is 2. The summed E-state index contributed by atoms with van der Waals surface area (Å²) in [5, 5.41) is 1.28. The van der Waals surface area contributed by atoms with Crippen LogP contribution in [0.15, 0.2) is 60.7 Å². The number of hydrogen-bond donors (Lipinski definition) is 0. The number of fused-ring (bicyclic) bond motifs is 1. The smallest absolute Gasteiger partial charge is 0.162 e. The number of benzene rings is 3. The van der Waals surface area contributed by atoms with E-state index in [2.05, 4.69) is 34.1 Å². The lowest BCUT2D eigenvalue weighted by Crippen LogP contribution is -2.14. The van der Waals surface area contributed by atoms with Crippen LogP contribution in [0.25, 0.3) is 11.1 Å². The summed E-state index contributed by atoms with van der Waals surface area (Å²) < 4.78 is 0. The monoisotopic (exact) mass is 452 g/mol. The minimum absolute atomic E-state index is 0.194. The Bertz CT molecular complexity index is 1110. The molecule has 3 aromatic carbocycles. The summed E-state index contributed by atoms with van der Waals surface area (Å²) in [4.78, 5) is 17.0. The third kappa shape index (κ3) is 4.95. The standard InChI is InChI=1S/C26H26Cl2N2O/c1-29(2)13-4-7-26(31)21-6-3-5-19(15-21)20-9-8-18-12-14-30(25(18)16-20)24-11-10-22(27)17-23(24)28/h3,5-6,8-11,15-17H,4,7,12-14H2,1-2H3. The van der Waals surface area contributed by atoms with Crippen molar-refractivity contribution in [2.75, 3.05) is 32.1 Å². The number of nitrogens with zero attached hydrogens (tertiary/aromatic N) is 2. The van der Waals surface area contributed by atoms with Crippen molar-refractivity contribution in [3.05, 3.63) is 81.8 Å². The lowest BCUT2D eigenvalue weighted by molar-refractivity contribution is 0.0977. The Kier molecular flexibility index (Phi) is 6.66. The number of ketones is 1.